The van der Waals surface area contributed by atoms with E-state index in [2.05, 4.69) is 21.1 Å². The summed E-state index contributed by atoms with van der Waals surface area (Å²) in [5.74, 6) is 0.331. The molecule has 11 nitrogen and oxygen atoms in total. The fraction of sp³-hybridized carbons (Fsp3) is 0.571. The van der Waals surface area contributed by atoms with E-state index in [1.54, 1.807) is 7.11 Å². The molecule has 32 heavy (non-hydrogen) atoms. The number of nitrogens with one attached hydrogen (secondary N) is 3. The maximum Gasteiger partial charge on any atom is 0.266 e. The van der Waals surface area contributed by atoms with Crippen LogP contribution >= 0.6 is 0 Å². The van der Waals surface area contributed by atoms with Crippen LogP contribution in [0.25, 0.3) is 0 Å². The summed E-state index contributed by atoms with van der Waals surface area (Å²) in [5, 5.41) is 21.1. The fourth-order valence-electron chi connectivity index (χ4n) is 3.03. The van der Waals surface area contributed by atoms with Gasteiger partial charge in [-0.2, -0.15) is 0 Å². The normalized spacial score (nSPS) is 13.3. The number of hydrazone groups is 1. The monoisotopic (exact) mass is 450 g/mol. The molecule has 5 N–H and O–H groups in total. The predicted octanol–water partition coefficient (Wildman–Crippen LogP) is 1.15. The van der Waals surface area contributed by atoms with Gasteiger partial charge >= 0.3 is 0 Å². The van der Waals surface area contributed by atoms with Gasteiger partial charge in [-0.15, -0.1) is 0 Å². The summed E-state index contributed by atoms with van der Waals surface area (Å²) >= 11 is 0. The number of ether oxygens (including phenoxy) is 1. The van der Waals surface area contributed by atoms with Crippen molar-refractivity contribution in [1.82, 2.24) is 16.0 Å². The highest BCUT2D eigenvalue weighted by Gasteiger charge is 2.24. The molecule has 0 aliphatic carbocycles. The van der Waals surface area contributed by atoms with Crippen molar-refractivity contribution in [3.8, 4) is 5.75 Å². The maximum atomic E-state index is 12.9. The largest absolute Gasteiger partial charge is 0.497 e. The molecule has 1 aromatic rings. The first-order valence-corrected chi connectivity index (χ1v) is 10.5. The number of hydrogen-bond acceptors (Lipinski definition) is 6. The van der Waals surface area contributed by atoms with Crippen molar-refractivity contribution in [2.75, 3.05) is 13.7 Å². The van der Waals surface area contributed by atoms with Crippen molar-refractivity contribution in [1.29, 1.82) is 0 Å². The van der Waals surface area contributed by atoms with Crippen LogP contribution < -0.4 is 26.4 Å². The zero-order valence-corrected chi connectivity index (χ0v) is 19.1. The molecule has 1 rings (SSSR count). The van der Waals surface area contributed by atoms with E-state index in [0.29, 0.717) is 32.4 Å². The van der Waals surface area contributed by atoms with Crippen LogP contribution in [-0.4, -0.2) is 48.4 Å². The van der Waals surface area contributed by atoms with Gasteiger partial charge in [0, 0.05) is 13.1 Å². The molecule has 1 aromatic carbocycles. The highest BCUT2D eigenvalue weighted by molar-refractivity contribution is 5.89. The molecular formula is C21H34N6O5. The third kappa shape index (κ3) is 10.7. The maximum absolute atomic E-state index is 12.9. The van der Waals surface area contributed by atoms with Gasteiger partial charge in [0.15, 0.2) is 10.8 Å². The standard InChI is InChI=1S/C21H34N6O5/c1-14(2)12-19(15(3)28)25-20(29)18(6-5-11-23-21(22)26-27(30)31)24-13-16-7-9-17(32-4)10-8-16/h7-10,14,18-19,24H,5-6,11-13H2,1-4H3,(H,25,29)(H3,22,23,26)/t18-,19-/m0/s1. The number of methoxy groups -OCH3 is 1. The second-order valence-electron chi connectivity index (χ2n) is 7.88. The number of guanidine groups is 1. The first kappa shape index (κ1) is 26.8. The van der Waals surface area contributed by atoms with Crippen LogP contribution in [0, 0.1) is 16.0 Å². The second kappa shape index (κ2) is 14.0. The van der Waals surface area contributed by atoms with Crippen LogP contribution in [0.4, 0.5) is 0 Å². The highest BCUT2D eigenvalue weighted by atomic mass is 16.7. The van der Waals surface area contributed by atoms with Crippen molar-refractivity contribution in [2.24, 2.45) is 16.8 Å². The zero-order chi connectivity index (χ0) is 24.1. The van der Waals surface area contributed by atoms with E-state index in [9.17, 15) is 19.7 Å². The van der Waals surface area contributed by atoms with Crippen LogP contribution in [0.15, 0.2) is 29.4 Å². The number of carbonyl (C=O) groups is 2. The molecule has 0 saturated heterocycles. The van der Waals surface area contributed by atoms with Gasteiger partial charge in [-0.25, -0.2) is 10.1 Å². The first-order valence-electron chi connectivity index (χ1n) is 10.5. The third-order valence-corrected chi connectivity index (χ3v) is 4.71. The Labute approximate surface area is 188 Å². The minimum Gasteiger partial charge on any atom is -0.497 e. The van der Waals surface area contributed by atoms with E-state index >= 15 is 0 Å². The number of amides is 1. The minimum absolute atomic E-state index is 0.0913. The molecule has 0 spiro atoms. The molecule has 0 heterocycles. The predicted molar refractivity (Wildman–Crippen MR) is 122 cm³/mol. The van der Waals surface area contributed by atoms with Gasteiger partial charge in [0.05, 0.1) is 19.2 Å². The fourth-order valence-corrected chi connectivity index (χ4v) is 3.03. The summed E-state index contributed by atoms with van der Waals surface area (Å²) in [5.41, 5.74) is 6.38. The quantitative estimate of drug-likeness (QED) is 0.108. The Balaban J connectivity index is 2.77. The Bertz CT molecular complexity index is 781. The first-order chi connectivity index (χ1) is 15.1. The van der Waals surface area contributed by atoms with Gasteiger partial charge in [-0.05, 0) is 49.8 Å². The van der Waals surface area contributed by atoms with Gasteiger partial charge in [0.25, 0.3) is 5.96 Å². The molecule has 11 heteroatoms. The van der Waals surface area contributed by atoms with E-state index in [-0.39, 0.29) is 23.6 Å². The number of Topliss-reactive ketones (excluding diaryl/α,β-unsaturated/α-hetero) is 1. The molecule has 0 aliphatic heterocycles. The van der Waals surface area contributed by atoms with Crippen molar-refractivity contribution in [2.45, 2.75) is 58.7 Å². The molecule has 0 fully saturated rings. The lowest BCUT2D eigenvalue weighted by Crippen LogP contribution is -2.50. The SMILES string of the molecule is COc1ccc(CN[C@@H](CCCN/C(N)=N/[N+](=O)[O-])C(=O)N[C@@H](CC(C)C)C(C)=O)cc1. The number of ketones is 1. The molecule has 0 radical (unpaired) electrons. The Kier molecular flexibility index (Phi) is 11.7. The highest BCUT2D eigenvalue weighted by Crippen LogP contribution is 2.12. The van der Waals surface area contributed by atoms with Crippen LogP contribution in [-0.2, 0) is 16.1 Å². The lowest BCUT2D eigenvalue weighted by molar-refractivity contribution is -0.485. The van der Waals surface area contributed by atoms with E-state index in [4.69, 9.17) is 10.5 Å². The zero-order valence-electron chi connectivity index (χ0n) is 19.1. The van der Waals surface area contributed by atoms with Crippen molar-refractivity contribution in [3.63, 3.8) is 0 Å². The molecule has 0 aliphatic rings. The number of benzene rings is 1. The van der Waals surface area contributed by atoms with E-state index in [1.165, 1.54) is 6.92 Å². The smallest absolute Gasteiger partial charge is 0.266 e. The molecule has 1 amide bonds. The van der Waals surface area contributed by atoms with E-state index in [0.717, 1.165) is 11.3 Å². The van der Waals surface area contributed by atoms with Gasteiger partial charge in [0.1, 0.15) is 10.9 Å². The van der Waals surface area contributed by atoms with Gasteiger partial charge < -0.3 is 26.4 Å². The Morgan fingerprint density at radius 3 is 2.41 bits per heavy atom. The third-order valence-electron chi connectivity index (χ3n) is 4.71. The summed E-state index contributed by atoms with van der Waals surface area (Å²) in [4.78, 5) is 35.2. The Morgan fingerprint density at radius 1 is 1.22 bits per heavy atom. The Hall–Kier alpha value is -3.21. The molecular weight excluding hydrogens is 416 g/mol. The molecule has 0 aromatic heterocycles. The van der Waals surface area contributed by atoms with Gasteiger partial charge in [-0.3, -0.25) is 9.59 Å². The summed E-state index contributed by atoms with van der Waals surface area (Å²) in [6.45, 7) is 6.19. The van der Waals surface area contributed by atoms with Gasteiger partial charge in [0.2, 0.25) is 5.91 Å². The molecule has 0 unspecified atom stereocenters. The molecule has 178 valence electrons. The van der Waals surface area contributed by atoms with Gasteiger partial charge in [-0.1, -0.05) is 26.0 Å². The second-order valence-corrected chi connectivity index (χ2v) is 7.88. The lowest BCUT2D eigenvalue weighted by Gasteiger charge is -2.23. The van der Waals surface area contributed by atoms with E-state index < -0.39 is 17.1 Å². The van der Waals surface area contributed by atoms with Crippen LogP contribution in [0.2, 0.25) is 0 Å². The lowest BCUT2D eigenvalue weighted by atomic mass is 10.00. The number of rotatable bonds is 14. The average Bonchev–Trinajstić information content (AvgIpc) is 2.72. The van der Waals surface area contributed by atoms with Crippen molar-refractivity contribution < 1.29 is 19.4 Å². The topological polar surface area (TPSA) is 161 Å². The van der Waals surface area contributed by atoms with E-state index in [1.807, 2.05) is 38.1 Å². The summed E-state index contributed by atoms with van der Waals surface area (Å²) in [6, 6.07) is 6.35. The number of hydrogen-bond donors (Lipinski definition) is 4. The summed E-state index contributed by atoms with van der Waals surface area (Å²) < 4.78 is 5.15. The van der Waals surface area contributed by atoms with Crippen molar-refractivity contribution >= 4 is 17.6 Å². The number of nitrogens with two attached hydrogens (primary N) is 1. The minimum atomic E-state index is -0.883. The van der Waals surface area contributed by atoms with Crippen LogP contribution in [0.5, 0.6) is 5.75 Å². The van der Waals surface area contributed by atoms with Crippen LogP contribution in [0.3, 0.4) is 0 Å². The summed E-state index contributed by atoms with van der Waals surface area (Å²) in [6.07, 6.45) is 1.48. The molecule has 0 bridgehead atoms. The average molecular weight is 451 g/mol. The molecule has 0 saturated carbocycles. The number of nitrogens with zero attached hydrogens (tertiary/aromatic N) is 2. The van der Waals surface area contributed by atoms with Crippen molar-refractivity contribution in [3.05, 3.63) is 39.9 Å². The number of nitro groups is 1. The van der Waals surface area contributed by atoms with Crippen LogP contribution in [0.1, 0.15) is 45.6 Å². The Morgan fingerprint density at radius 2 is 1.88 bits per heavy atom. The molecule has 2 atom stereocenters. The summed E-state index contributed by atoms with van der Waals surface area (Å²) in [7, 11) is 1.59. The number of carbonyl (C=O) groups excluding carboxylic acids is 2.